The van der Waals surface area contributed by atoms with E-state index in [1.165, 1.54) is 33.0 Å². The van der Waals surface area contributed by atoms with E-state index in [1.807, 2.05) is 0 Å². The summed E-state index contributed by atoms with van der Waals surface area (Å²) in [4.78, 5) is 0. The highest BCUT2D eigenvalue weighted by Crippen LogP contribution is 2.40. The summed E-state index contributed by atoms with van der Waals surface area (Å²) in [5, 5.41) is 17.1. The molecule has 2 atom stereocenters. The molecule has 6 aromatic rings. The quantitative estimate of drug-likeness (QED) is 0.200. The van der Waals surface area contributed by atoms with Gasteiger partial charge in [-0.1, -0.05) is 121 Å². The van der Waals surface area contributed by atoms with Gasteiger partial charge in [0, 0.05) is 12.8 Å². The normalized spacial score (nSPS) is 18.0. The van der Waals surface area contributed by atoms with Gasteiger partial charge >= 0.3 is 0 Å². The summed E-state index contributed by atoms with van der Waals surface area (Å²) in [6, 6.07) is 56.2. The molecule has 2 unspecified atom stereocenters. The Kier molecular flexibility index (Phi) is 6.73. The Morgan fingerprint density at radius 1 is 0.409 bits per heavy atom. The fourth-order valence-electron chi connectivity index (χ4n) is 6.48. The smallest absolute Gasteiger partial charge is 0.0832 e. The van der Waals surface area contributed by atoms with E-state index in [1.54, 1.807) is 0 Å². The molecule has 0 fully saturated rings. The van der Waals surface area contributed by atoms with Gasteiger partial charge in [-0.3, -0.25) is 10.0 Å². The Hall–Kier alpha value is -5.48. The first-order chi connectivity index (χ1) is 21.8. The third-order valence-electron chi connectivity index (χ3n) is 8.73. The number of benzene rings is 6. The molecule has 212 valence electrons. The molecular formula is C40H32N4. The van der Waals surface area contributed by atoms with E-state index in [2.05, 4.69) is 168 Å². The minimum absolute atomic E-state index is 0.127. The molecule has 0 spiro atoms. The maximum atomic E-state index is 5.13. The lowest BCUT2D eigenvalue weighted by molar-refractivity contribution is 0.708. The molecule has 0 saturated heterocycles. The van der Waals surface area contributed by atoms with Gasteiger partial charge in [-0.25, -0.2) is 0 Å². The zero-order valence-electron chi connectivity index (χ0n) is 24.4. The molecule has 0 aromatic heterocycles. The van der Waals surface area contributed by atoms with Crippen molar-refractivity contribution in [1.82, 2.24) is 0 Å². The number of fused-ring (bicyclic) bond motifs is 1. The van der Waals surface area contributed by atoms with Gasteiger partial charge in [0.1, 0.15) is 0 Å². The largest absolute Gasteiger partial charge is 0.257 e. The molecule has 2 aliphatic heterocycles. The van der Waals surface area contributed by atoms with Crippen LogP contribution in [0.3, 0.4) is 0 Å². The number of para-hydroxylation sites is 2. The minimum atomic E-state index is 0.127. The van der Waals surface area contributed by atoms with Crippen LogP contribution in [-0.2, 0) is 0 Å². The van der Waals surface area contributed by atoms with E-state index in [9.17, 15) is 0 Å². The number of hydrazone groups is 2. The molecular weight excluding hydrogens is 536 g/mol. The van der Waals surface area contributed by atoms with Crippen molar-refractivity contribution in [3.63, 3.8) is 0 Å². The maximum Gasteiger partial charge on any atom is 0.0832 e. The average Bonchev–Trinajstić information content (AvgIpc) is 3.76. The van der Waals surface area contributed by atoms with E-state index in [0.717, 1.165) is 35.6 Å². The molecule has 6 aromatic carbocycles. The summed E-state index contributed by atoms with van der Waals surface area (Å²) < 4.78 is 0. The van der Waals surface area contributed by atoms with Gasteiger partial charge in [0.25, 0.3) is 0 Å². The summed E-state index contributed by atoms with van der Waals surface area (Å²) >= 11 is 0. The lowest BCUT2D eigenvalue weighted by Crippen LogP contribution is -2.19. The van der Waals surface area contributed by atoms with Crippen LogP contribution in [0, 0.1) is 0 Å². The summed E-state index contributed by atoms with van der Waals surface area (Å²) in [6.07, 6.45) is 1.71. The van der Waals surface area contributed by atoms with Crippen LogP contribution in [-0.4, -0.2) is 11.4 Å². The van der Waals surface area contributed by atoms with E-state index in [4.69, 9.17) is 10.2 Å². The van der Waals surface area contributed by atoms with Crippen molar-refractivity contribution in [3.8, 4) is 0 Å². The van der Waals surface area contributed by atoms with Crippen molar-refractivity contribution in [2.45, 2.75) is 24.9 Å². The predicted molar refractivity (Wildman–Crippen MR) is 182 cm³/mol. The van der Waals surface area contributed by atoms with Crippen LogP contribution < -0.4 is 10.0 Å². The minimum Gasteiger partial charge on any atom is -0.257 e. The molecule has 44 heavy (non-hydrogen) atoms. The number of anilines is 2. The van der Waals surface area contributed by atoms with Gasteiger partial charge in [0.15, 0.2) is 0 Å². The van der Waals surface area contributed by atoms with Crippen molar-refractivity contribution in [3.05, 3.63) is 180 Å². The van der Waals surface area contributed by atoms with Gasteiger partial charge in [-0.15, -0.1) is 0 Å². The first-order valence-electron chi connectivity index (χ1n) is 15.3. The van der Waals surface area contributed by atoms with Crippen molar-refractivity contribution >= 4 is 33.6 Å². The lowest BCUT2D eigenvalue weighted by Gasteiger charge is -2.25. The summed E-state index contributed by atoms with van der Waals surface area (Å²) in [5.41, 5.74) is 9.34. The number of rotatable bonds is 6. The van der Waals surface area contributed by atoms with Gasteiger partial charge in [-0.2, -0.15) is 10.2 Å². The predicted octanol–water partition coefficient (Wildman–Crippen LogP) is 9.55. The number of hydrogen-bond donors (Lipinski definition) is 0. The summed E-state index contributed by atoms with van der Waals surface area (Å²) in [5.74, 6) is 0. The third-order valence-corrected chi connectivity index (χ3v) is 8.73. The van der Waals surface area contributed by atoms with Crippen LogP contribution in [0.4, 0.5) is 11.4 Å². The van der Waals surface area contributed by atoms with E-state index >= 15 is 0 Å². The van der Waals surface area contributed by atoms with Crippen LogP contribution in [0.1, 0.15) is 47.2 Å². The Labute approximate surface area is 258 Å². The summed E-state index contributed by atoms with van der Waals surface area (Å²) in [6.45, 7) is 0. The molecule has 2 heterocycles. The molecule has 8 rings (SSSR count). The van der Waals surface area contributed by atoms with Crippen molar-refractivity contribution in [1.29, 1.82) is 0 Å². The molecule has 0 amide bonds. The van der Waals surface area contributed by atoms with E-state index in [0.29, 0.717) is 0 Å². The molecule has 2 aliphatic rings. The Morgan fingerprint density at radius 2 is 0.773 bits per heavy atom. The van der Waals surface area contributed by atoms with Gasteiger partial charge in [0.05, 0.1) is 34.9 Å². The van der Waals surface area contributed by atoms with Gasteiger partial charge < -0.3 is 0 Å². The highest BCUT2D eigenvalue weighted by Gasteiger charge is 2.31. The standard InChI is InChI=1S/C40H32N4/c1-5-13-29(14-6-1)37-27-39(43(41-37)35-17-9-3-10-18-35)33-23-21-32-26-34(24-22-31(32)25-33)40-28-38(30-15-7-2-8-16-30)42-44(40)36-19-11-4-12-20-36/h1-26,39-40H,27-28H2. The monoisotopic (exact) mass is 568 g/mol. The average molecular weight is 569 g/mol. The first kappa shape index (κ1) is 26.2. The Bertz CT molecular complexity index is 1820. The fourth-order valence-corrected chi connectivity index (χ4v) is 6.48. The fraction of sp³-hybridized carbons (Fsp3) is 0.100. The molecule has 0 bridgehead atoms. The number of nitrogens with zero attached hydrogens (tertiary/aromatic N) is 4. The zero-order valence-corrected chi connectivity index (χ0v) is 24.4. The molecule has 0 N–H and O–H groups in total. The topological polar surface area (TPSA) is 31.2 Å². The first-order valence-corrected chi connectivity index (χ1v) is 15.3. The van der Waals surface area contributed by atoms with Crippen molar-refractivity contribution in [2.75, 3.05) is 10.0 Å². The van der Waals surface area contributed by atoms with Gasteiger partial charge in [-0.05, 0) is 69.4 Å². The molecule has 4 heteroatoms. The second kappa shape index (κ2) is 11.3. The highest BCUT2D eigenvalue weighted by molar-refractivity contribution is 6.04. The van der Waals surface area contributed by atoms with Crippen molar-refractivity contribution in [2.24, 2.45) is 10.2 Å². The van der Waals surface area contributed by atoms with Crippen LogP contribution in [0.25, 0.3) is 10.8 Å². The molecule has 0 aliphatic carbocycles. The lowest BCUT2D eigenvalue weighted by atomic mass is 9.93. The Morgan fingerprint density at radius 3 is 1.16 bits per heavy atom. The van der Waals surface area contributed by atoms with E-state index < -0.39 is 0 Å². The van der Waals surface area contributed by atoms with Crippen LogP contribution in [0.5, 0.6) is 0 Å². The van der Waals surface area contributed by atoms with Crippen molar-refractivity contribution < 1.29 is 0 Å². The molecule has 4 nitrogen and oxygen atoms in total. The Balaban J connectivity index is 1.13. The van der Waals surface area contributed by atoms with Gasteiger partial charge in [0.2, 0.25) is 0 Å². The second-order valence-corrected chi connectivity index (χ2v) is 11.5. The highest BCUT2D eigenvalue weighted by atomic mass is 15.5. The van der Waals surface area contributed by atoms with E-state index in [-0.39, 0.29) is 12.1 Å². The third kappa shape index (κ3) is 4.95. The maximum absolute atomic E-state index is 5.13. The number of hydrogen-bond acceptors (Lipinski definition) is 4. The SMILES string of the molecule is c1ccc(C2=NN(c3ccccc3)C(c3ccc4cc(C5CC(c6ccccc6)=NN5c5ccccc5)ccc4c3)C2)cc1. The summed E-state index contributed by atoms with van der Waals surface area (Å²) in [7, 11) is 0. The van der Waals surface area contributed by atoms with Crippen LogP contribution in [0.15, 0.2) is 168 Å². The molecule has 0 saturated carbocycles. The molecule has 0 radical (unpaired) electrons. The van der Waals surface area contributed by atoms with Crippen LogP contribution in [0.2, 0.25) is 0 Å². The second-order valence-electron chi connectivity index (χ2n) is 11.5. The van der Waals surface area contributed by atoms with Crippen LogP contribution >= 0.6 is 0 Å². The zero-order chi connectivity index (χ0) is 29.3.